The molecule has 2 nitrogen and oxygen atoms in total. The average Bonchev–Trinajstić information content (AvgIpc) is 2.82. The van der Waals surface area contributed by atoms with E-state index in [0.29, 0.717) is 0 Å². The number of fused-ring (bicyclic) bond motifs is 1. The number of anilines is 1. The number of aromatic nitrogens is 1. The Morgan fingerprint density at radius 2 is 1.74 bits per heavy atom. The highest BCUT2D eigenvalue weighted by Crippen LogP contribution is 2.22. The number of benzene rings is 2. The Kier molecular flexibility index (Phi) is 5.75. The van der Waals surface area contributed by atoms with Gasteiger partial charge in [0.1, 0.15) is 17.6 Å². The molecule has 0 unspecified atom stereocenters. The topological polar surface area (TPSA) is 7.12 Å². The fourth-order valence-electron chi connectivity index (χ4n) is 2.34. The molecule has 3 rings (SSSR count). The van der Waals surface area contributed by atoms with E-state index >= 15 is 0 Å². The third-order valence-corrected chi connectivity index (χ3v) is 4.84. The largest absolute Gasteiger partial charge is 1.00 e. The quantitative estimate of drug-likeness (QED) is 0.437. The zero-order chi connectivity index (χ0) is 15.7. The highest BCUT2D eigenvalue weighted by atomic mass is 127. The number of nitrogens with zero attached hydrogens (tertiary/aromatic N) is 2. The van der Waals surface area contributed by atoms with Crippen LogP contribution < -0.4 is 33.4 Å². The van der Waals surface area contributed by atoms with Crippen LogP contribution in [0.2, 0.25) is 0 Å². The fourth-order valence-corrected chi connectivity index (χ4v) is 3.37. The molecule has 0 spiro atoms. The van der Waals surface area contributed by atoms with E-state index in [9.17, 15) is 4.39 Å². The summed E-state index contributed by atoms with van der Waals surface area (Å²) in [6, 6.07) is 13.3. The van der Waals surface area contributed by atoms with Gasteiger partial charge in [-0.25, -0.2) is 4.39 Å². The summed E-state index contributed by atoms with van der Waals surface area (Å²) in [6.07, 6.45) is 4.16. The van der Waals surface area contributed by atoms with E-state index in [1.165, 1.54) is 11.8 Å². The minimum Gasteiger partial charge on any atom is -1.00 e. The average molecular weight is 440 g/mol. The summed E-state index contributed by atoms with van der Waals surface area (Å²) in [6.45, 7) is 0. The third-order valence-electron chi connectivity index (χ3n) is 3.66. The summed E-state index contributed by atoms with van der Waals surface area (Å²) in [7, 11) is 6.02. The molecule has 2 aromatic carbocycles. The second-order valence-corrected chi connectivity index (χ2v) is 6.49. The van der Waals surface area contributed by atoms with Crippen molar-refractivity contribution in [3.63, 3.8) is 0 Å². The fraction of sp³-hybridized carbons (Fsp3) is 0.167. The van der Waals surface area contributed by atoms with Gasteiger partial charge in [-0.15, -0.1) is 0 Å². The Bertz CT molecular complexity index is 838. The molecule has 0 amide bonds. The van der Waals surface area contributed by atoms with Gasteiger partial charge in [-0.05, 0) is 35.9 Å². The third kappa shape index (κ3) is 3.90. The van der Waals surface area contributed by atoms with Crippen molar-refractivity contribution >= 4 is 39.4 Å². The summed E-state index contributed by atoms with van der Waals surface area (Å²) < 4.78 is 16.5. The van der Waals surface area contributed by atoms with Crippen molar-refractivity contribution in [2.24, 2.45) is 7.05 Å². The maximum absolute atomic E-state index is 13.3. The molecular weight excluding hydrogens is 422 g/mol. The number of hydrogen-bond acceptors (Lipinski definition) is 2. The van der Waals surface area contributed by atoms with Gasteiger partial charge in [0, 0.05) is 31.9 Å². The van der Waals surface area contributed by atoms with Crippen LogP contribution >= 0.6 is 11.3 Å². The van der Waals surface area contributed by atoms with Gasteiger partial charge in [0.15, 0.2) is 0 Å². The molecule has 0 fully saturated rings. The van der Waals surface area contributed by atoms with Crippen LogP contribution in [0, 0.1) is 5.82 Å². The van der Waals surface area contributed by atoms with E-state index in [1.807, 2.05) is 31.8 Å². The van der Waals surface area contributed by atoms with Gasteiger partial charge in [0.25, 0.3) is 5.01 Å². The summed E-state index contributed by atoms with van der Waals surface area (Å²) in [5.41, 5.74) is 3.25. The number of thiazole rings is 1. The summed E-state index contributed by atoms with van der Waals surface area (Å²) in [5, 5.41) is 1.09. The highest BCUT2D eigenvalue weighted by molar-refractivity contribution is 7.18. The molecule has 0 atom stereocenters. The Balaban J connectivity index is 0.00000192. The highest BCUT2D eigenvalue weighted by Gasteiger charge is 2.14. The van der Waals surface area contributed by atoms with Crippen molar-refractivity contribution in [1.82, 2.24) is 0 Å². The van der Waals surface area contributed by atoms with Crippen LogP contribution in [-0.2, 0) is 7.05 Å². The molecule has 120 valence electrons. The molecule has 5 heteroatoms. The van der Waals surface area contributed by atoms with E-state index in [2.05, 4.69) is 41.3 Å². The van der Waals surface area contributed by atoms with Crippen molar-refractivity contribution in [3.8, 4) is 0 Å². The first-order chi connectivity index (χ1) is 10.5. The Hall–Kier alpha value is -1.47. The first-order valence-electron chi connectivity index (χ1n) is 7.08. The van der Waals surface area contributed by atoms with Crippen LogP contribution in [0.15, 0.2) is 42.5 Å². The second kappa shape index (κ2) is 7.40. The van der Waals surface area contributed by atoms with E-state index in [1.54, 1.807) is 17.4 Å². The van der Waals surface area contributed by atoms with Crippen molar-refractivity contribution in [2.45, 2.75) is 0 Å². The van der Waals surface area contributed by atoms with Crippen LogP contribution in [0.5, 0.6) is 0 Å². The summed E-state index contributed by atoms with van der Waals surface area (Å²) in [4.78, 5) is 2.08. The van der Waals surface area contributed by atoms with E-state index < -0.39 is 0 Å². The van der Waals surface area contributed by atoms with Gasteiger partial charge >= 0.3 is 0 Å². The molecule has 0 N–H and O–H groups in total. The van der Waals surface area contributed by atoms with Crippen molar-refractivity contribution in [3.05, 3.63) is 58.9 Å². The number of hydrogen-bond donors (Lipinski definition) is 0. The molecule has 0 aliphatic heterocycles. The molecule has 3 aromatic rings. The molecule has 0 saturated carbocycles. The lowest BCUT2D eigenvalue weighted by Gasteiger charge is -2.11. The Morgan fingerprint density at radius 1 is 1.04 bits per heavy atom. The van der Waals surface area contributed by atoms with Crippen LogP contribution in [-0.4, -0.2) is 14.1 Å². The minimum absolute atomic E-state index is 0. The van der Waals surface area contributed by atoms with Gasteiger partial charge in [-0.1, -0.05) is 23.5 Å². The monoisotopic (exact) mass is 440 g/mol. The molecule has 0 radical (unpaired) electrons. The van der Waals surface area contributed by atoms with Gasteiger partial charge < -0.3 is 28.9 Å². The first kappa shape index (κ1) is 17.9. The summed E-state index contributed by atoms with van der Waals surface area (Å²) >= 11 is 1.66. The van der Waals surface area contributed by atoms with Gasteiger partial charge in [-0.3, -0.25) is 0 Å². The molecular formula is C18H18FIN2S. The number of rotatable bonds is 3. The summed E-state index contributed by atoms with van der Waals surface area (Å²) in [5.74, 6) is -0.198. The van der Waals surface area contributed by atoms with Crippen LogP contribution in [0.1, 0.15) is 10.6 Å². The molecule has 0 aliphatic rings. The molecule has 0 bridgehead atoms. The number of aryl methyl sites for hydroxylation is 1. The van der Waals surface area contributed by atoms with Crippen LogP contribution in [0.3, 0.4) is 0 Å². The zero-order valence-corrected chi connectivity index (χ0v) is 16.2. The van der Waals surface area contributed by atoms with E-state index in [0.717, 1.165) is 20.8 Å². The van der Waals surface area contributed by atoms with Crippen molar-refractivity contribution in [1.29, 1.82) is 0 Å². The Labute approximate surface area is 156 Å². The van der Waals surface area contributed by atoms with Gasteiger partial charge in [-0.2, -0.15) is 4.57 Å². The smallest absolute Gasteiger partial charge is 0.262 e. The molecule has 0 saturated heterocycles. The van der Waals surface area contributed by atoms with Crippen LogP contribution in [0.25, 0.3) is 22.4 Å². The van der Waals surface area contributed by atoms with Gasteiger partial charge in [0.05, 0.1) is 0 Å². The lowest BCUT2D eigenvalue weighted by atomic mass is 10.2. The molecule has 1 heterocycles. The van der Waals surface area contributed by atoms with Crippen molar-refractivity contribution in [2.75, 3.05) is 19.0 Å². The predicted molar refractivity (Wildman–Crippen MR) is 92.7 cm³/mol. The van der Waals surface area contributed by atoms with E-state index in [4.69, 9.17) is 0 Å². The number of halogens is 2. The lowest BCUT2D eigenvalue weighted by Crippen LogP contribution is -3.00. The standard InChI is InChI=1S/C18H18FN2S.HI/c1-20(2)15-8-4-13(5-9-15)6-11-18-21(3)16-12-14(19)7-10-17(16)22-18;/h4-12H,1-3H3;1H/q+1;/p-1. The van der Waals surface area contributed by atoms with Crippen LogP contribution in [0.4, 0.5) is 10.1 Å². The van der Waals surface area contributed by atoms with E-state index in [-0.39, 0.29) is 29.8 Å². The molecule has 0 aliphatic carbocycles. The molecule has 23 heavy (non-hydrogen) atoms. The molecule has 1 aromatic heterocycles. The minimum atomic E-state index is -0.198. The zero-order valence-electron chi connectivity index (χ0n) is 13.3. The SMILES string of the molecule is CN(C)c1ccc(/C=C/c2sc3ccc(F)cc3[n+]2C)cc1.[I-]. The van der Waals surface area contributed by atoms with Gasteiger partial charge in [0.2, 0.25) is 5.52 Å². The van der Waals surface area contributed by atoms with Crippen molar-refractivity contribution < 1.29 is 32.9 Å². The predicted octanol–water partition coefficient (Wildman–Crippen LogP) is 1.11. The first-order valence-corrected chi connectivity index (χ1v) is 7.90. The maximum atomic E-state index is 13.3. The lowest BCUT2D eigenvalue weighted by molar-refractivity contribution is -0.642. The maximum Gasteiger partial charge on any atom is 0.262 e. The normalized spacial score (nSPS) is 11.0. The second-order valence-electron chi connectivity index (χ2n) is 5.43. The Morgan fingerprint density at radius 3 is 2.39 bits per heavy atom.